The summed E-state index contributed by atoms with van der Waals surface area (Å²) in [5.74, 6) is -1.23. The third-order valence-electron chi connectivity index (χ3n) is 7.98. The largest absolute Gasteiger partial charge is 0.416 e. The van der Waals surface area contributed by atoms with Crippen molar-refractivity contribution in [1.29, 1.82) is 0 Å². The molecule has 0 bridgehead atoms. The molecule has 3 aliphatic rings. The molecule has 2 unspecified atom stereocenters. The number of ketones is 1. The molecule has 41 heavy (non-hydrogen) atoms. The maximum atomic E-state index is 13.8. The number of rotatable bonds is 5. The predicted octanol–water partition coefficient (Wildman–Crippen LogP) is 7.31. The van der Waals surface area contributed by atoms with Crippen molar-refractivity contribution in [3.8, 4) is 0 Å². The summed E-state index contributed by atoms with van der Waals surface area (Å²) >= 11 is 0. The first-order valence-corrected chi connectivity index (χ1v) is 13.1. The molecular weight excluding hydrogens is 555 g/mol. The van der Waals surface area contributed by atoms with E-state index in [9.17, 15) is 40.3 Å². The molecule has 2 aromatic rings. The standard InChI is InChI=1S/C30H26F7NO3/c1-16(19-10-21(29(32,33)34)14-22(11-19)30(35,36)37)41-26-15-38-25(28(26)18-2-6-23(31)7-3-18)12-20(13-27(38)40)17-4-8-24(39)9-5-17/h2-4,6-7,10-11,13-14,16,25-26,28H,5,8-9,12,15H2,1H3/t16-,25?,26?,28+/m1/s1. The number of carbonyl (C=O) groups excluding carboxylic acids is 2. The molecule has 1 saturated heterocycles. The highest BCUT2D eigenvalue weighted by atomic mass is 19.4. The van der Waals surface area contributed by atoms with Crippen LogP contribution < -0.4 is 0 Å². The molecular formula is C30H26F7NO3. The van der Waals surface area contributed by atoms with Gasteiger partial charge in [-0.25, -0.2) is 4.39 Å². The van der Waals surface area contributed by atoms with E-state index in [-0.39, 0.29) is 36.3 Å². The van der Waals surface area contributed by atoms with Gasteiger partial charge in [-0.15, -0.1) is 0 Å². The molecule has 2 aliphatic heterocycles. The van der Waals surface area contributed by atoms with Crippen molar-refractivity contribution >= 4 is 11.7 Å². The minimum atomic E-state index is -5.01. The number of hydrogen-bond donors (Lipinski definition) is 0. The van der Waals surface area contributed by atoms with Crippen molar-refractivity contribution in [1.82, 2.24) is 4.90 Å². The Kier molecular flexibility index (Phi) is 7.61. The Labute approximate surface area is 231 Å². The van der Waals surface area contributed by atoms with Crippen LogP contribution in [-0.4, -0.2) is 35.3 Å². The summed E-state index contributed by atoms with van der Waals surface area (Å²) in [6.07, 6.45) is -7.14. The summed E-state index contributed by atoms with van der Waals surface area (Å²) in [6, 6.07) is 6.46. The van der Waals surface area contributed by atoms with Crippen LogP contribution in [0, 0.1) is 5.82 Å². The molecule has 218 valence electrons. The molecule has 0 spiro atoms. The van der Waals surface area contributed by atoms with Crippen LogP contribution in [0.3, 0.4) is 0 Å². The Morgan fingerprint density at radius 3 is 2.10 bits per heavy atom. The van der Waals surface area contributed by atoms with E-state index in [1.807, 2.05) is 6.08 Å². The lowest BCUT2D eigenvalue weighted by Gasteiger charge is -2.34. The van der Waals surface area contributed by atoms with E-state index in [1.54, 1.807) is 4.90 Å². The van der Waals surface area contributed by atoms with Crippen LogP contribution in [0.5, 0.6) is 0 Å². The van der Waals surface area contributed by atoms with Gasteiger partial charge in [0.25, 0.3) is 0 Å². The van der Waals surface area contributed by atoms with Crippen molar-refractivity contribution in [3.05, 3.63) is 93.8 Å². The van der Waals surface area contributed by atoms with Gasteiger partial charge >= 0.3 is 12.4 Å². The van der Waals surface area contributed by atoms with Gasteiger partial charge in [-0.3, -0.25) is 9.59 Å². The van der Waals surface area contributed by atoms with Crippen molar-refractivity contribution in [3.63, 3.8) is 0 Å². The Morgan fingerprint density at radius 2 is 1.54 bits per heavy atom. The molecule has 1 amide bonds. The SMILES string of the molecule is C[C@@H](OC1CN2C(=O)C=C(C3=CCC(=O)CC3)CC2[C@@H]1c1ccc(F)cc1)c1cc(C(F)(F)F)cc(C(F)(F)F)c1. The second kappa shape index (κ2) is 10.7. The zero-order valence-electron chi connectivity index (χ0n) is 21.9. The van der Waals surface area contributed by atoms with E-state index in [0.717, 1.165) is 11.1 Å². The van der Waals surface area contributed by atoms with Crippen LogP contribution in [-0.2, 0) is 26.7 Å². The van der Waals surface area contributed by atoms with E-state index in [4.69, 9.17) is 4.74 Å². The van der Waals surface area contributed by atoms with Gasteiger partial charge in [0, 0.05) is 37.4 Å². The van der Waals surface area contributed by atoms with Gasteiger partial charge in [0.2, 0.25) is 5.91 Å². The quantitative estimate of drug-likeness (QED) is 0.348. The zero-order chi connectivity index (χ0) is 29.7. The molecule has 5 rings (SSSR count). The summed E-state index contributed by atoms with van der Waals surface area (Å²) in [5.41, 5.74) is -0.899. The number of benzene rings is 2. The fourth-order valence-corrected chi connectivity index (χ4v) is 5.93. The molecule has 0 saturated carbocycles. The predicted molar refractivity (Wildman–Crippen MR) is 134 cm³/mol. The van der Waals surface area contributed by atoms with Crippen LogP contribution in [0.2, 0.25) is 0 Å². The summed E-state index contributed by atoms with van der Waals surface area (Å²) in [5, 5.41) is 0. The zero-order valence-corrected chi connectivity index (χ0v) is 21.9. The summed E-state index contributed by atoms with van der Waals surface area (Å²) in [6.45, 7) is 1.41. The van der Waals surface area contributed by atoms with Gasteiger partial charge in [0.15, 0.2) is 0 Å². The number of amides is 1. The number of nitrogens with zero attached hydrogens (tertiary/aromatic N) is 1. The first-order valence-electron chi connectivity index (χ1n) is 13.1. The highest BCUT2D eigenvalue weighted by Crippen LogP contribution is 2.45. The second-order valence-corrected chi connectivity index (χ2v) is 10.6. The average Bonchev–Trinajstić information content (AvgIpc) is 3.26. The smallest absolute Gasteiger partial charge is 0.368 e. The molecule has 1 fully saturated rings. The number of ether oxygens (including phenoxy) is 1. The number of alkyl halides is 6. The average molecular weight is 582 g/mol. The van der Waals surface area contributed by atoms with Gasteiger partial charge in [-0.05, 0) is 72.4 Å². The Hall–Kier alpha value is -3.47. The van der Waals surface area contributed by atoms with E-state index in [0.29, 0.717) is 37.0 Å². The molecule has 0 radical (unpaired) electrons. The third kappa shape index (κ3) is 6.10. The van der Waals surface area contributed by atoms with Crippen molar-refractivity contribution in [2.45, 2.75) is 69.1 Å². The maximum Gasteiger partial charge on any atom is 0.416 e. The van der Waals surface area contributed by atoms with Crippen LogP contribution >= 0.6 is 0 Å². The fourth-order valence-electron chi connectivity index (χ4n) is 5.93. The van der Waals surface area contributed by atoms with Crippen molar-refractivity contribution < 1.29 is 45.1 Å². The minimum absolute atomic E-state index is 0.0439. The normalized spacial score (nSPS) is 24.2. The molecule has 11 heteroatoms. The Morgan fingerprint density at radius 1 is 0.902 bits per heavy atom. The van der Waals surface area contributed by atoms with Gasteiger partial charge in [0.1, 0.15) is 11.6 Å². The summed E-state index contributed by atoms with van der Waals surface area (Å²) < 4.78 is 101. The van der Waals surface area contributed by atoms with E-state index in [2.05, 4.69) is 0 Å². The number of Topliss-reactive ketones (excluding diaryl/α,β-unsaturated/α-hetero) is 1. The van der Waals surface area contributed by atoms with Gasteiger partial charge in [0.05, 0.1) is 23.3 Å². The van der Waals surface area contributed by atoms with E-state index >= 15 is 0 Å². The molecule has 2 aromatic carbocycles. The van der Waals surface area contributed by atoms with Gasteiger partial charge < -0.3 is 9.64 Å². The van der Waals surface area contributed by atoms with Crippen LogP contribution in [0.4, 0.5) is 30.7 Å². The Balaban J connectivity index is 1.48. The lowest BCUT2D eigenvalue weighted by Crippen LogP contribution is -2.40. The fraction of sp³-hybridized carbons (Fsp3) is 0.400. The number of halogens is 7. The molecule has 2 heterocycles. The number of hydrogen-bond acceptors (Lipinski definition) is 3. The second-order valence-electron chi connectivity index (χ2n) is 10.6. The van der Waals surface area contributed by atoms with Gasteiger partial charge in [-0.1, -0.05) is 18.2 Å². The minimum Gasteiger partial charge on any atom is -0.368 e. The van der Waals surface area contributed by atoms with Crippen LogP contribution in [0.25, 0.3) is 0 Å². The molecule has 0 N–H and O–H groups in total. The molecule has 4 atom stereocenters. The first-order chi connectivity index (χ1) is 19.2. The topological polar surface area (TPSA) is 46.6 Å². The molecule has 0 aromatic heterocycles. The number of carbonyl (C=O) groups is 2. The Bertz CT molecular complexity index is 1380. The van der Waals surface area contributed by atoms with Crippen LogP contribution in [0.15, 0.2) is 65.8 Å². The molecule has 4 nitrogen and oxygen atoms in total. The van der Waals surface area contributed by atoms with Gasteiger partial charge in [-0.2, -0.15) is 26.3 Å². The monoisotopic (exact) mass is 581 g/mol. The lowest BCUT2D eigenvalue weighted by molar-refractivity contribution is -0.143. The maximum absolute atomic E-state index is 13.8. The lowest BCUT2D eigenvalue weighted by atomic mass is 9.81. The van der Waals surface area contributed by atoms with E-state index in [1.165, 1.54) is 37.3 Å². The third-order valence-corrected chi connectivity index (χ3v) is 7.98. The number of fused-ring (bicyclic) bond motifs is 1. The van der Waals surface area contributed by atoms with Crippen molar-refractivity contribution in [2.75, 3.05) is 6.54 Å². The van der Waals surface area contributed by atoms with Crippen LogP contribution in [0.1, 0.15) is 66.9 Å². The highest BCUT2D eigenvalue weighted by molar-refractivity contribution is 5.91. The summed E-state index contributed by atoms with van der Waals surface area (Å²) in [7, 11) is 0. The number of allylic oxidation sites excluding steroid dienone is 2. The highest BCUT2D eigenvalue weighted by Gasteiger charge is 2.48. The summed E-state index contributed by atoms with van der Waals surface area (Å²) in [4.78, 5) is 26.5. The first kappa shape index (κ1) is 29.0. The van der Waals surface area contributed by atoms with E-state index < -0.39 is 53.5 Å². The van der Waals surface area contributed by atoms with Crippen molar-refractivity contribution in [2.24, 2.45) is 0 Å². The molecule has 1 aliphatic carbocycles.